The van der Waals surface area contributed by atoms with E-state index < -0.39 is 5.78 Å². The van der Waals surface area contributed by atoms with Gasteiger partial charge in [0.25, 0.3) is 0 Å². The SMILES string of the molecule is COc1ccc(C(=O)CC(=O)CC(=O)/C=C/c2ccccc2)cc1. The number of hydrogen-bond acceptors (Lipinski definition) is 4. The van der Waals surface area contributed by atoms with Crippen LogP contribution in [0.1, 0.15) is 28.8 Å². The van der Waals surface area contributed by atoms with Crippen molar-refractivity contribution in [2.24, 2.45) is 0 Å². The van der Waals surface area contributed by atoms with Crippen LogP contribution in [0.15, 0.2) is 60.7 Å². The van der Waals surface area contributed by atoms with Crippen LogP contribution < -0.4 is 4.74 Å². The highest BCUT2D eigenvalue weighted by atomic mass is 16.5. The Kier molecular flexibility index (Phi) is 6.20. The van der Waals surface area contributed by atoms with E-state index in [1.54, 1.807) is 30.3 Å². The summed E-state index contributed by atoms with van der Waals surface area (Å²) in [6, 6.07) is 15.9. The number of methoxy groups -OCH3 is 1. The maximum atomic E-state index is 12.0. The number of carbonyl (C=O) groups is 3. The minimum absolute atomic E-state index is 0.273. The zero-order valence-electron chi connectivity index (χ0n) is 13.4. The third-order valence-corrected chi connectivity index (χ3v) is 3.40. The number of ketones is 3. The van der Waals surface area contributed by atoms with Gasteiger partial charge >= 0.3 is 0 Å². The smallest absolute Gasteiger partial charge is 0.170 e. The molecule has 0 unspecified atom stereocenters. The first-order chi connectivity index (χ1) is 11.6. The monoisotopic (exact) mass is 322 g/mol. The summed E-state index contributed by atoms with van der Waals surface area (Å²) in [5, 5.41) is 0. The highest BCUT2D eigenvalue weighted by molar-refractivity contribution is 6.14. The lowest BCUT2D eigenvalue weighted by atomic mass is 10.0. The van der Waals surface area contributed by atoms with Crippen LogP contribution in [0.3, 0.4) is 0 Å². The summed E-state index contributed by atoms with van der Waals surface area (Å²) in [7, 11) is 1.54. The molecule has 0 aliphatic heterocycles. The van der Waals surface area contributed by atoms with Gasteiger partial charge in [-0.3, -0.25) is 14.4 Å². The molecule has 2 aromatic carbocycles. The van der Waals surface area contributed by atoms with Crippen LogP contribution in [0.5, 0.6) is 5.75 Å². The molecule has 0 saturated carbocycles. The van der Waals surface area contributed by atoms with Gasteiger partial charge in [0.05, 0.1) is 20.0 Å². The summed E-state index contributed by atoms with van der Waals surface area (Å²) in [5.74, 6) is -0.369. The molecule has 0 bridgehead atoms. The summed E-state index contributed by atoms with van der Waals surface area (Å²) in [6.45, 7) is 0. The van der Waals surface area contributed by atoms with E-state index in [1.165, 1.54) is 13.2 Å². The molecule has 0 heterocycles. The molecule has 0 radical (unpaired) electrons. The summed E-state index contributed by atoms with van der Waals surface area (Å²) >= 11 is 0. The second-order valence-electron chi connectivity index (χ2n) is 5.25. The Labute approximate surface area is 140 Å². The number of hydrogen-bond donors (Lipinski definition) is 0. The molecule has 24 heavy (non-hydrogen) atoms. The van der Waals surface area contributed by atoms with Gasteiger partial charge in [-0.15, -0.1) is 0 Å². The van der Waals surface area contributed by atoms with Crippen LogP contribution in [0.25, 0.3) is 6.08 Å². The fourth-order valence-corrected chi connectivity index (χ4v) is 2.13. The zero-order valence-corrected chi connectivity index (χ0v) is 13.4. The van der Waals surface area contributed by atoms with Crippen molar-refractivity contribution >= 4 is 23.4 Å². The maximum Gasteiger partial charge on any atom is 0.170 e. The minimum atomic E-state index is -0.390. The molecule has 0 amide bonds. The van der Waals surface area contributed by atoms with Gasteiger partial charge in [0.15, 0.2) is 11.6 Å². The van der Waals surface area contributed by atoms with Crippen molar-refractivity contribution in [3.05, 3.63) is 71.8 Å². The van der Waals surface area contributed by atoms with Gasteiger partial charge in [-0.1, -0.05) is 36.4 Å². The Bertz CT molecular complexity index is 743. The van der Waals surface area contributed by atoms with Crippen molar-refractivity contribution in [2.75, 3.05) is 7.11 Å². The van der Waals surface area contributed by atoms with Crippen molar-refractivity contribution in [1.82, 2.24) is 0 Å². The second kappa shape index (κ2) is 8.58. The van der Waals surface area contributed by atoms with Crippen molar-refractivity contribution < 1.29 is 19.1 Å². The lowest BCUT2D eigenvalue weighted by Gasteiger charge is -2.02. The Morgan fingerprint density at radius 2 is 1.58 bits per heavy atom. The number of ether oxygens (including phenoxy) is 1. The van der Waals surface area contributed by atoms with Crippen molar-refractivity contribution in [3.8, 4) is 5.75 Å². The Hall–Kier alpha value is -3.01. The van der Waals surface area contributed by atoms with Gasteiger partial charge < -0.3 is 4.74 Å². The van der Waals surface area contributed by atoms with E-state index in [9.17, 15) is 14.4 Å². The predicted molar refractivity (Wildman–Crippen MR) is 92.0 cm³/mol. The van der Waals surface area contributed by atoms with Crippen LogP contribution >= 0.6 is 0 Å². The minimum Gasteiger partial charge on any atom is -0.497 e. The molecule has 4 heteroatoms. The number of allylic oxidation sites excluding steroid dienone is 1. The topological polar surface area (TPSA) is 60.4 Å². The van der Waals surface area contributed by atoms with E-state index in [4.69, 9.17) is 4.74 Å². The van der Waals surface area contributed by atoms with Gasteiger partial charge in [0, 0.05) is 5.56 Å². The van der Waals surface area contributed by atoms with Crippen LogP contribution in [0.2, 0.25) is 0 Å². The molecular weight excluding hydrogens is 304 g/mol. The molecular formula is C20H18O4. The number of carbonyl (C=O) groups excluding carboxylic acids is 3. The normalized spacial score (nSPS) is 10.5. The fourth-order valence-electron chi connectivity index (χ4n) is 2.13. The van der Waals surface area contributed by atoms with Gasteiger partial charge in [-0.05, 0) is 35.9 Å². The van der Waals surface area contributed by atoms with E-state index in [-0.39, 0.29) is 24.4 Å². The number of rotatable bonds is 8. The summed E-state index contributed by atoms with van der Waals surface area (Å²) in [4.78, 5) is 35.7. The van der Waals surface area contributed by atoms with Gasteiger partial charge in [0.1, 0.15) is 11.5 Å². The molecule has 0 spiro atoms. The van der Waals surface area contributed by atoms with Crippen LogP contribution in [-0.4, -0.2) is 24.5 Å². The van der Waals surface area contributed by atoms with Gasteiger partial charge in [-0.25, -0.2) is 0 Å². The highest BCUT2D eigenvalue weighted by Crippen LogP contribution is 2.13. The summed E-state index contributed by atoms with van der Waals surface area (Å²) < 4.78 is 5.02. The van der Waals surface area contributed by atoms with Crippen molar-refractivity contribution in [2.45, 2.75) is 12.8 Å². The number of Topliss-reactive ketones (excluding diaryl/α,β-unsaturated/α-hetero) is 2. The van der Waals surface area contributed by atoms with E-state index in [0.29, 0.717) is 11.3 Å². The molecule has 0 fully saturated rings. The quantitative estimate of drug-likeness (QED) is 0.424. The molecule has 2 rings (SSSR count). The fraction of sp³-hybridized carbons (Fsp3) is 0.150. The first-order valence-electron chi connectivity index (χ1n) is 7.53. The predicted octanol–water partition coefficient (Wildman–Crippen LogP) is 3.51. The summed E-state index contributed by atoms with van der Waals surface area (Å²) in [5.41, 5.74) is 1.31. The Balaban J connectivity index is 1.86. The summed E-state index contributed by atoms with van der Waals surface area (Å²) in [6.07, 6.45) is 2.47. The van der Waals surface area contributed by atoms with Crippen LogP contribution in [0.4, 0.5) is 0 Å². The van der Waals surface area contributed by atoms with Gasteiger partial charge in [0.2, 0.25) is 0 Å². The lowest BCUT2D eigenvalue weighted by molar-refractivity contribution is -0.124. The molecule has 0 saturated heterocycles. The first-order valence-corrected chi connectivity index (χ1v) is 7.53. The molecule has 4 nitrogen and oxygen atoms in total. The zero-order chi connectivity index (χ0) is 17.4. The average Bonchev–Trinajstić information content (AvgIpc) is 2.60. The van der Waals surface area contributed by atoms with Crippen molar-refractivity contribution in [3.63, 3.8) is 0 Å². The third kappa shape index (κ3) is 5.32. The van der Waals surface area contributed by atoms with Crippen LogP contribution in [-0.2, 0) is 9.59 Å². The van der Waals surface area contributed by atoms with Crippen LogP contribution in [0, 0.1) is 0 Å². The molecule has 0 aliphatic carbocycles. The van der Waals surface area contributed by atoms with Gasteiger partial charge in [-0.2, -0.15) is 0 Å². The molecule has 0 aromatic heterocycles. The van der Waals surface area contributed by atoms with Crippen molar-refractivity contribution in [1.29, 1.82) is 0 Å². The average molecular weight is 322 g/mol. The molecule has 0 aliphatic rings. The first kappa shape index (κ1) is 17.3. The molecule has 0 atom stereocenters. The second-order valence-corrected chi connectivity index (χ2v) is 5.25. The molecule has 2 aromatic rings. The third-order valence-electron chi connectivity index (χ3n) is 3.40. The lowest BCUT2D eigenvalue weighted by Crippen LogP contribution is -2.11. The molecule has 0 N–H and O–H groups in total. The Morgan fingerprint density at radius 1 is 0.917 bits per heavy atom. The maximum absolute atomic E-state index is 12.0. The van der Waals surface area contributed by atoms with E-state index in [2.05, 4.69) is 0 Å². The molecule has 122 valence electrons. The largest absolute Gasteiger partial charge is 0.497 e. The highest BCUT2D eigenvalue weighted by Gasteiger charge is 2.14. The van der Waals surface area contributed by atoms with E-state index >= 15 is 0 Å². The van der Waals surface area contributed by atoms with E-state index in [0.717, 1.165) is 5.56 Å². The standard InChI is InChI=1S/C20H18O4/c1-24-19-11-8-16(9-12-19)20(23)14-18(22)13-17(21)10-7-15-5-3-2-4-6-15/h2-12H,13-14H2,1H3/b10-7+. The van der Waals surface area contributed by atoms with E-state index in [1.807, 2.05) is 30.3 Å². The Morgan fingerprint density at radius 3 is 2.21 bits per heavy atom. The number of benzene rings is 2.